The monoisotopic (exact) mass is 347 g/mol. The Morgan fingerprint density at radius 1 is 1.45 bits per heavy atom. The molecule has 0 atom stereocenters. The van der Waals surface area contributed by atoms with E-state index in [0.717, 1.165) is 12.1 Å². The minimum Gasteiger partial charge on any atom is -0.476 e. The minimum atomic E-state index is -1.42. The maximum atomic E-state index is 13.8. The number of hydrogen-bond acceptors (Lipinski definition) is 4. The molecule has 0 aliphatic rings. The van der Waals surface area contributed by atoms with Crippen LogP contribution in [0.1, 0.15) is 17.4 Å². The normalized spacial score (nSPS) is 10.6. The van der Waals surface area contributed by atoms with Crippen molar-refractivity contribution >= 4 is 21.9 Å². The molecule has 0 saturated carbocycles. The van der Waals surface area contributed by atoms with Gasteiger partial charge in [0.15, 0.2) is 0 Å². The van der Waals surface area contributed by atoms with E-state index < -0.39 is 40.7 Å². The second kappa shape index (κ2) is 5.58. The van der Waals surface area contributed by atoms with Gasteiger partial charge in [0.2, 0.25) is 11.6 Å². The highest BCUT2D eigenvalue weighted by molar-refractivity contribution is 9.10. The summed E-state index contributed by atoms with van der Waals surface area (Å²) in [5, 5.41) is 8.94. The molecule has 0 spiro atoms. The SMILES string of the molecule is CCOc1oc(-c2c(F)cc(Br)cc2F)nc1C(=O)O. The molecule has 1 aromatic heterocycles. The predicted octanol–water partition coefficient (Wildman–Crippen LogP) is 3.48. The van der Waals surface area contributed by atoms with Crippen LogP contribution in [0.5, 0.6) is 5.95 Å². The molecule has 0 unspecified atom stereocenters. The number of nitrogens with zero attached hydrogens (tertiary/aromatic N) is 1. The molecular formula is C12H8BrF2NO4. The van der Waals surface area contributed by atoms with Gasteiger partial charge in [0.25, 0.3) is 0 Å². The summed E-state index contributed by atoms with van der Waals surface area (Å²) in [5.41, 5.74) is -1.09. The minimum absolute atomic E-state index is 0.125. The molecule has 106 valence electrons. The Morgan fingerprint density at radius 2 is 2.05 bits per heavy atom. The molecule has 0 amide bonds. The highest BCUT2D eigenvalue weighted by atomic mass is 79.9. The maximum absolute atomic E-state index is 13.8. The lowest BCUT2D eigenvalue weighted by atomic mass is 10.2. The standard InChI is InChI=1S/C12H8BrF2NO4/c1-2-19-12-9(11(17)18)16-10(20-12)8-6(14)3-5(13)4-7(8)15/h3-4H,2H2,1H3,(H,17,18). The van der Waals surface area contributed by atoms with Crippen molar-refractivity contribution in [2.24, 2.45) is 0 Å². The maximum Gasteiger partial charge on any atom is 0.362 e. The smallest absolute Gasteiger partial charge is 0.362 e. The summed E-state index contributed by atoms with van der Waals surface area (Å²) in [6, 6.07) is 2.03. The number of rotatable bonds is 4. The quantitative estimate of drug-likeness (QED) is 0.916. The van der Waals surface area contributed by atoms with E-state index >= 15 is 0 Å². The Balaban J connectivity index is 2.59. The van der Waals surface area contributed by atoms with Gasteiger partial charge in [-0.15, -0.1) is 0 Å². The number of carboxylic acids is 1. The molecule has 0 aliphatic heterocycles. The lowest BCUT2D eigenvalue weighted by Crippen LogP contribution is -2.01. The van der Waals surface area contributed by atoms with Crippen LogP contribution in [-0.2, 0) is 0 Å². The van der Waals surface area contributed by atoms with Gasteiger partial charge < -0.3 is 14.3 Å². The van der Waals surface area contributed by atoms with Crippen LogP contribution in [0.2, 0.25) is 0 Å². The van der Waals surface area contributed by atoms with Gasteiger partial charge in [-0.2, -0.15) is 4.98 Å². The van der Waals surface area contributed by atoms with Crippen molar-refractivity contribution in [1.29, 1.82) is 0 Å². The van der Waals surface area contributed by atoms with E-state index in [2.05, 4.69) is 20.9 Å². The van der Waals surface area contributed by atoms with E-state index in [4.69, 9.17) is 14.3 Å². The second-order valence-corrected chi connectivity index (χ2v) is 4.55. The van der Waals surface area contributed by atoms with E-state index in [1.165, 1.54) is 0 Å². The molecule has 1 aromatic carbocycles. The Morgan fingerprint density at radius 3 is 2.55 bits per heavy atom. The van der Waals surface area contributed by atoms with E-state index in [9.17, 15) is 13.6 Å². The molecule has 8 heteroatoms. The average Bonchev–Trinajstić information content (AvgIpc) is 2.72. The fourth-order valence-corrected chi connectivity index (χ4v) is 1.93. The number of carbonyl (C=O) groups is 1. The fraction of sp³-hybridized carbons (Fsp3) is 0.167. The van der Waals surface area contributed by atoms with Crippen molar-refractivity contribution in [1.82, 2.24) is 4.98 Å². The third-order valence-corrected chi connectivity index (χ3v) is 2.75. The highest BCUT2D eigenvalue weighted by Gasteiger charge is 2.25. The van der Waals surface area contributed by atoms with Crippen molar-refractivity contribution in [2.75, 3.05) is 6.61 Å². The molecule has 2 rings (SSSR count). The number of benzene rings is 1. The Labute approximate surface area is 120 Å². The predicted molar refractivity (Wildman–Crippen MR) is 67.7 cm³/mol. The third-order valence-electron chi connectivity index (χ3n) is 2.29. The van der Waals surface area contributed by atoms with Crippen LogP contribution in [0.3, 0.4) is 0 Å². The largest absolute Gasteiger partial charge is 0.476 e. The first-order valence-electron chi connectivity index (χ1n) is 5.45. The third kappa shape index (κ3) is 2.64. The first-order valence-corrected chi connectivity index (χ1v) is 6.25. The van der Waals surface area contributed by atoms with E-state index in [0.29, 0.717) is 0 Å². The van der Waals surface area contributed by atoms with E-state index in [1.54, 1.807) is 6.92 Å². The number of oxazole rings is 1. The van der Waals surface area contributed by atoms with E-state index in [1.807, 2.05) is 0 Å². The molecule has 1 N–H and O–H groups in total. The van der Waals surface area contributed by atoms with Crippen LogP contribution in [0, 0.1) is 11.6 Å². The van der Waals surface area contributed by atoms with Crippen molar-refractivity contribution in [3.05, 3.63) is 33.9 Å². The van der Waals surface area contributed by atoms with Gasteiger partial charge in [-0.1, -0.05) is 15.9 Å². The molecule has 0 bridgehead atoms. The molecule has 0 radical (unpaired) electrons. The van der Waals surface area contributed by atoms with Crippen LogP contribution < -0.4 is 4.74 Å². The van der Waals surface area contributed by atoms with Gasteiger partial charge in [0.05, 0.1) is 6.61 Å². The number of ether oxygens (including phenoxy) is 1. The number of aromatic nitrogens is 1. The van der Waals surface area contributed by atoms with Crippen LogP contribution in [0.4, 0.5) is 8.78 Å². The first-order chi connectivity index (χ1) is 9.43. The van der Waals surface area contributed by atoms with Crippen LogP contribution in [-0.4, -0.2) is 22.7 Å². The summed E-state index contributed by atoms with van der Waals surface area (Å²) < 4.78 is 37.7. The average molecular weight is 348 g/mol. The second-order valence-electron chi connectivity index (χ2n) is 3.64. The van der Waals surface area contributed by atoms with Crippen molar-refractivity contribution in [2.45, 2.75) is 6.92 Å². The van der Waals surface area contributed by atoms with Crippen LogP contribution in [0.25, 0.3) is 11.5 Å². The van der Waals surface area contributed by atoms with E-state index in [-0.39, 0.29) is 11.1 Å². The lowest BCUT2D eigenvalue weighted by Gasteiger charge is -2.01. The van der Waals surface area contributed by atoms with Crippen LogP contribution in [0.15, 0.2) is 21.0 Å². The first kappa shape index (κ1) is 14.4. The van der Waals surface area contributed by atoms with Gasteiger partial charge in [0, 0.05) is 4.47 Å². The summed E-state index contributed by atoms with van der Waals surface area (Å²) >= 11 is 2.94. The van der Waals surface area contributed by atoms with Gasteiger partial charge in [-0.25, -0.2) is 13.6 Å². The van der Waals surface area contributed by atoms with Crippen molar-refractivity contribution in [3.8, 4) is 17.4 Å². The summed E-state index contributed by atoms with van der Waals surface area (Å²) in [6.45, 7) is 1.73. The Kier molecular flexibility index (Phi) is 4.03. The molecular weight excluding hydrogens is 340 g/mol. The molecule has 1 heterocycles. The molecule has 20 heavy (non-hydrogen) atoms. The fourth-order valence-electron chi connectivity index (χ4n) is 1.52. The topological polar surface area (TPSA) is 72.6 Å². The zero-order valence-corrected chi connectivity index (χ0v) is 11.7. The Hall–Kier alpha value is -1.96. The highest BCUT2D eigenvalue weighted by Crippen LogP contribution is 2.32. The summed E-state index contributed by atoms with van der Waals surface area (Å²) in [6.07, 6.45) is 0. The zero-order valence-electron chi connectivity index (χ0n) is 10.1. The van der Waals surface area contributed by atoms with Crippen LogP contribution >= 0.6 is 15.9 Å². The molecule has 0 saturated heterocycles. The van der Waals surface area contributed by atoms with Crippen molar-refractivity contribution in [3.63, 3.8) is 0 Å². The zero-order chi connectivity index (χ0) is 14.9. The summed E-state index contributed by atoms with van der Waals surface area (Å²) in [4.78, 5) is 14.5. The van der Waals surface area contributed by atoms with Gasteiger partial charge in [0.1, 0.15) is 17.2 Å². The Bertz CT molecular complexity index is 648. The molecule has 5 nitrogen and oxygen atoms in total. The molecule has 0 fully saturated rings. The van der Waals surface area contributed by atoms with Crippen molar-refractivity contribution < 1.29 is 27.8 Å². The molecule has 2 aromatic rings. The lowest BCUT2D eigenvalue weighted by molar-refractivity contribution is 0.0683. The molecule has 0 aliphatic carbocycles. The number of halogens is 3. The van der Waals surface area contributed by atoms with Gasteiger partial charge in [-0.05, 0) is 19.1 Å². The summed E-state index contributed by atoms with van der Waals surface area (Å²) in [5.74, 6) is -4.16. The number of aromatic carboxylic acids is 1. The van der Waals surface area contributed by atoms with Gasteiger partial charge in [-0.3, -0.25) is 0 Å². The number of carboxylic acid groups (broad SMARTS) is 1. The summed E-state index contributed by atoms with van der Waals surface area (Å²) in [7, 11) is 0. The van der Waals surface area contributed by atoms with Gasteiger partial charge >= 0.3 is 11.9 Å². The number of hydrogen-bond donors (Lipinski definition) is 1.